The van der Waals surface area contributed by atoms with E-state index >= 15 is 0 Å². The summed E-state index contributed by atoms with van der Waals surface area (Å²) in [5, 5.41) is 3.17. The zero-order valence-electron chi connectivity index (χ0n) is 9.75. The number of hydrogen-bond donors (Lipinski definition) is 1. The molecule has 94 valence electrons. The van der Waals surface area contributed by atoms with Crippen molar-refractivity contribution < 1.29 is 4.39 Å². The largest absolute Gasteiger partial charge is 0.376 e. The van der Waals surface area contributed by atoms with E-state index in [0.717, 1.165) is 14.5 Å². The summed E-state index contributed by atoms with van der Waals surface area (Å²) in [7, 11) is 0. The first-order chi connectivity index (χ1) is 8.58. The molecule has 0 saturated carbocycles. The van der Waals surface area contributed by atoms with E-state index in [1.54, 1.807) is 12.1 Å². The normalized spacial score (nSPS) is 12.2. The molecule has 4 heteroatoms. The molecule has 2 aromatic carbocycles. The van der Waals surface area contributed by atoms with Crippen molar-refractivity contribution in [2.45, 2.75) is 13.0 Å². The first-order valence-corrected chi connectivity index (χ1v) is 7.12. The van der Waals surface area contributed by atoms with Crippen LogP contribution in [0.25, 0.3) is 0 Å². The number of benzene rings is 2. The minimum atomic E-state index is -0.238. The Morgan fingerprint density at radius 3 is 2.50 bits per heavy atom. The summed E-state index contributed by atoms with van der Waals surface area (Å²) in [6, 6.07) is 12.7. The molecule has 0 saturated heterocycles. The maximum atomic E-state index is 13.5. The number of nitrogens with one attached hydrogen (secondary N) is 1. The maximum Gasteiger partial charge on any atom is 0.146 e. The van der Waals surface area contributed by atoms with Crippen LogP contribution in [0.2, 0.25) is 0 Å². The van der Waals surface area contributed by atoms with E-state index in [1.165, 1.54) is 6.07 Å². The molecule has 1 atom stereocenters. The van der Waals surface area contributed by atoms with Gasteiger partial charge in [0.15, 0.2) is 0 Å². The average molecular weight is 373 g/mol. The Hall–Kier alpha value is -0.870. The predicted molar refractivity (Wildman–Crippen MR) is 80.3 cm³/mol. The van der Waals surface area contributed by atoms with Crippen molar-refractivity contribution in [2.75, 3.05) is 5.32 Å². The third-order valence-electron chi connectivity index (χ3n) is 2.67. The quantitative estimate of drug-likeness (QED) is 0.747. The van der Waals surface area contributed by atoms with Crippen LogP contribution in [-0.2, 0) is 0 Å². The van der Waals surface area contributed by atoms with Gasteiger partial charge in [-0.1, -0.05) is 50.1 Å². The van der Waals surface area contributed by atoms with Crippen molar-refractivity contribution in [3.63, 3.8) is 0 Å². The van der Waals surface area contributed by atoms with E-state index in [1.807, 2.05) is 31.2 Å². The topological polar surface area (TPSA) is 12.0 Å². The van der Waals surface area contributed by atoms with Gasteiger partial charge in [-0.3, -0.25) is 0 Å². The second-order valence-corrected chi connectivity index (χ2v) is 5.78. The highest BCUT2D eigenvalue weighted by Gasteiger charge is 2.11. The fraction of sp³-hybridized carbons (Fsp3) is 0.143. The molecule has 0 bridgehead atoms. The lowest BCUT2D eigenvalue weighted by molar-refractivity contribution is 0.627. The Balaban J connectivity index is 2.22. The van der Waals surface area contributed by atoms with Gasteiger partial charge >= 0.3 is 0 Å². The highest BCUT2D eigenvalue weighted by atomic mass is 79.9. The molecule has 1 N–H and O–H groups in total. The van der Waals surface area contributed by atoms with E-state index in [0.29, 0.717) is 5.69 Å². The Kier molecular flexibility index (Phi) is 4.40. The predicted octanol–water partition coefficient (Wildman–Crippen LogP) is 5.52. The summed E-state index contributed by atoms with van der Waals surface area (Å²) in [4.78, 5) is 0. The first kappa shape index (κ1) is 13.6. The number of para-hydroxylation sites is 1. The maximum absolute atomic E-state index is 13.5. The van der Waals surface area contributed by atoms with E-state index < -0.39 is 0 Å². The van der Waals surface area contributed by atoms with Crippen LogP contribution >= 0.6 is 31.9 Å². The van der Waals surface area contributed by atoms with Crippen molar-refractivity contribution in [1.82, 2.24) is 0 Å². The van der Waals surface area contributed by atoms with Gasteiger partial charge in [0.2, 0.25) is 0 Å². The molecule has 0 aliphatic carbocycles. The standard InChI is InChI=1S/C14H12Br2FN/c1-9(11-7-6-10(15)8-12(11)16)18-14-5-3-2-4-13(14)17/h2-9,18H,1H3. The van der Waals surface area contributed by atoms with Crippen molar-refractivity contribution in [3.8, 4) is 0 Å². The molecule has 0 aliphatic heterocycles. The lowest BCUT2D eigenvalue weighted by Crippen LogP contribution is -2.08. The van der Waals surface area contributed by atoms with Crippen molar-refractivity contribution in [1.29, 1.82) is 0 Å². The zero-order chi connectivity index (χ0) is 13.1. The van der Waals surface area contributed by atoms with Crippen LogP contribution in [0, 0.1) is 5.82 Å². The van der Waals surface area contributed by atoms with E-state index in [-0.39, 0.29) is 11.9 Å². The summed E-state index contributed by atoms with van der Waals surface area (Å²) >= 11 is 6.93. The van der Waals surface area contributed by atoms with E-state index in [4.69, 9.17) is 0 Å². The molecular formula is C14H12Br2FN. The smallest absolute Gasteiger partial charge is 0.146 e. The third-order valence-corrected chi connectivity index (χ3v) is 3.85. The SMILES string of the molecule is CC(Nc1ccccc1F)c1ccc(Br)cc1Br. The third kappa shape index (κ3) is 3.12. The molecule has 18 heavy (non-hydrogen) atoms. The highest BCUT2D eigenvalue weighted by molar-refractivity contribution is 9.11. The molecule has 2 aromatic rings. The molecule has 1 nitrogen and oxygen atoms in total. The van der Waals surface area contributed by atoms with Crippen molar-refractivity contribution in [3.05, 3.63) is 62.8 Å². The summed E-state index contributed by atoms with van der Waals surface area (Å²) in [5.41, 5.74) is 1.60. The van der Waals surface area contributed by atoms with E-state index in [2.05, 4.69) is 37.2 Å². The van der Waals surface area contributed by atoms with Crippen LogP contribution in [0.3, 0.4) is 0 Å². The van der Waals surface area contributed by atoms with Crippen LogP contribution < -0.4 is 5.32 Å². The number of rotatable bonds is 3. The highest BCUT2D eigenvalue weighted by Crippen LogP contribution is 2.29. The number of hydrogen-bond acceptors (Lipinski definition) is 1. The van der Waals surface area contributed by atoms with Crippen molar-refractivity contribution in [2.24, 2.45) is 0 Å². The van der Waals surface area contributed by atoms with Crippen LogP contribution in [0.4, 0.5) is 10.1 Å². The fourth-order valence-corrected chi connectivity index (χ4v) is 3.13. The monoisotopic (exact) mass is 371 g/mol. The van der Waals surface area contributed by atoms with Gasteiger partial charge in [-0.25, -0.2) is 4.39 Å². The van der Waals surface area contributed by atoms with Gasteiger partial charge < -0.3 is 5.32 Å². The van der Waals surface area contributed by atoms with Crippen LogP contribution in [0.5, 0.6) is 0 Å². The Labute approximate surface area is 123 Å². The lowest BCUT2D eigenvalue weighted by atomic mass is 10.1. The molecular weight excluding hydrogens is 361 g/mol. The van der Waals surface area contributed by atoms with Gasteiger partial charge in [0.25, 0.3) is 0 Å². The Morgan fingerprint density at radius 2 is 1.83 bits per heavy atom. The lowest BCUT2D eigenvalue weighted by Gasteiger charge is -2.17. The Morgan fingerprint density at radius 1 is 1.11 bits per heavy atom. The fourth-order valence-electron chi connectivity index (χ4n) is 1.74. The van der Waals surface area contributed by atoms with Gasteiger partial charge in [0, 0.05) is 15.0 Å². The summed E-state index contributed by atoms with van der Waals surface area (Å²) in [6.07, 6.45) is 0. The van der Waals surface area contributed by atoms with Gasteiger partial charge in [-0.2, -0.15) is 0 Å². The van der Waals surface area contributed by atoms with Crippen LogP contribution in [0.1, 0.15) is 18.5 Å². The summed E-state index contributed by atoms with van der Waals surface area (Å²) < 4.78 is 15.6. The minimum absolute atomic E-state index is 0.0179. The molecule has 0 fully saturated rings. The molecule has 0 spiro atoms. The van der Waals surface area contributed by atoms with Crippen molar-refractivity contribution >= 4 is 37.5 Å². The number of anilines is 1. The zero-order valence-corrected chi connectivity index (χ0v) is 12.9. The van der Waals surface area contributed by atoms with Crippen LogP contribution in [-0.4, -0.2) is 0 Å². The van der Waals surface area contributed by atoms with Gasteiger partial charge in [-0.05, 0) is 36.8 Å². The Bertz CT molecular complexity index is 557. The summed E-state index contributed by atoms with van der Waals surface area (Å²) in [6.45, 7) is 2.00. The molecule has 1 unspecified atom stereocenters. The van der Waals surface area contributed by atoms with Gasteiger partial charge in [0.1, 0.15) is 5.82 Å². The second-order valence-electron chi connectivity index (χ2n) is 4.01. The minimum Gasteiger partial charge on any atom is -0.376 e. The molecule has 0 radical (unpaired) electrons. The van der Waals surface area contributed by atoms with E-state index in [9.17, 15) is 4.39 Å². The average Bonchev–Trinajstić information content (AvgIpc) is 2.32. The molecule has 0 aromatic heterocycles. The van der Waals surface area contributed by atoms with Crippen LogP contribution in [0.15, 0.2) is 51.4 Å². The molecule has 2 rings (SSSR count). The van der Waals surface area contributed by atoms with Gasteiger partial charge in [-0.15, -0.1) is 0 Å². The van der Waals surface area contributed by atoms with Gasteiger partial charge in [0.05, 0.1) is 5.69 Å². The summed E-state index contributed by atoms with van der Waals surface area (Å²) in [5.74, 6) is -0.238. The molecule has 0 heterocycles. The molecule has 0 amide bonds. The second kappa shape index (κ2) is 5.85. The first-order valence-electron chi connectivity index (χ1n) is 5.54. The number of halogens is 3. The molecule has 0 aliphatic rings.